The number of hydrogen-bond acceptors (Lipinski definition) is 4. The lowest BCUT2D eigenvalue weighted by atomic mass is 9.75. The Morgan fingerprint density at radius 1 is 1.20 bits per heavy atom. The molecule has 0 spiro atoms. The van der Waals surface area contributed by atoms with Gasteiger partial charge in [0.2, 0.25) is 0 Å². The minimum Gasteiger partial charge on any atom is -0.523 e. The van der Waals surface area contributed by atoms with Crippen LogP contribution in [0.4, 0.5) is 0 Å². The first-order valence-corrected chi connectivity index (χ1v) is 7.14. The Kier molecular flexibility index (Phi) is 4.38. The van der Waals surface area contributed by atoms with Gasteiger partial charge in [0.1, 0.15) is 11.5 Å². The summed E-state index contributed by atoms with van der Waals surface area (Å²) in [6.45, 7) is 7.84. The minimum absolute atomic E-state index is 0.0377. The van der Waals surface area contributed by atoms with Gasteiger partial charge in [0.05, 0.1) is 6.04 Å². The van der Waals surface area contributed by atoms with Crippen molar-refractivity contribution in [3.63, 3.8) is 0 Å². The lowest BCUT2D eigenvalue weighted by molar-refractivity contribution is -0.123. The molecule has 1 aliphatic rings. The molecule has 2 rings (SSSR count). The summed E-state index contributed by atoms with van der Waals surface area (Å²) in [7, 11) is -0.230. The van der Waals surface area contributed by atoms with Crippen LogP contribution in [-0.4, -0.2) is 18.9 Å². The molecule has 0 radical (unpaired) electrons. The summed E-state index contributed by atoms with van der Waals surface area (Å²) in [6, 6.07) is 5.29. The molecule has 108 valence electrons. The summed E-state index contributed by atoms with van der Waals surface area (Å²) in [5.41, 5.74) is 6.95. The number of fused-ring (bicyclic) bond motifs is 1. The highest BCUT2D eigenvalue weighted by Crippen LogP contribution is 2.36. The molecule has 0 aliphatic carbocycles. The van der Waals surface area contributed by atoms with Crippen LogP contribution in [0.15, 0.2) is 18.2 Å². The van der Waals surface area contributed by atoms with E-state index in [9.17, 15) is 4.79 Å². The summed E-state index contributed by atoms with van der Waals surface area (Å²) >= 11 is 0. The molecule has 1 atom stereocenters. The molecule has 1 aromatic carbocycles. The number of carbonyl (C=O) groups is 1. The number of carbonyl (C=O) groups excluding carboxylic acids is 1. The van der Waals surface area contributed by atoms with Crippen LogP contribution in [0, 0.1) is 5.92 Å². The van der Waals surface area contributed by atoms with Crippen molar-refractivity contribution in [2.24, 2.45) is 11.7 Å². The third-order valence-electron chi connectivity index (χ3n) is 3.43. The van der Waals surface area contributed by atoms with E-state index in [1.165, 1.54) is 0 Å². The monoisotopic (exact) mass is 275 g/mol. The zero-order valence-electron chi connectivity index (χ0n) is 12.6. The number of nitrogens with two attached hydrogens (primary N) is 1. The predicted molar refractivity (Wildman–Crippen MR) is 80.1 cm³/mol. The lowest BCUT2D eigenvalue weighted by Crippen LogP contribution is -2.35. The summed E-state index contributed by atoms with van der Waals surface area (Å²) in [4.78, 5) is 11.8. The summed E-state index contributed by atoms with van der Waals surface area (Å²) < 4.78 is 11.4. The lowest BCUT2D eigenvalue weighted by Gasteiger charge is -2.13. The normalized spacial score (nSPS) is 15.1. The fourth-order valence-corrected chi connectivity index (χ4v) is 2.20. The Bertz CT molecular complexity index is 502. The van der Waals surface area contributed by atoms with Crippen LogP contribution in [-0.2, 0) is 11.2 Å². The van der Waals surface area contributed by atoms with E-state index in [-0.39, 0.29) is 24.6 Å². The van der Waals surface area contributed by atoms with Gasteiger partial charge in [-0.2, -0.15) is 0 Å². The maximum Gasteiger partial charge on any atom is 0.597 e. The van der Waals surface area contributed by atoms with Gasteiger partial charge in [-0.25, -0.2) is 0 Å². The zero-order chi connectivity index (χ0) is 14.9. The molecule has 0 saturated carbocycles. The Morgan fingerprint density at radius 3 is 2.45 bits per heavy atom. The largest absolute Gasteiger partial charge is 0.597 e. The van der Waals surface area contributed by atoms with Crippen molar-refractivity contribution in [2.45, 2.75) is 46.0 Å². The van der Waals surface area contributed by atoms with Crippen molar-refractivity contribution in [3.05, 3.63) is 23.8 Å². The first-order chi connectivity index (χ1) is 9.38. The van der Waals surface area contributed by atoms with E-state index in [1.807, 2.05) is 32.0 Å². The Hall–Kier alpha value is -1.49. The summed E-state index contributed by atoms with van der Waals surface area (Å²) in [6.07, 6.45) is 0.528. The molecule has 0 unspecified atom stereocenters. The quantitative estimate of drug-likeness (QED) is 0.838. The number of Topliss-reactive ketones (excluding diaryl/α,β-unsaturated/α-hetero) is 1. The van der Waals surface area contributed by atoms with Crippen LogP contribution in [0.5, 0.6) is 11.5 Å². The first kappa shape index (κ1) is 14.9. The van der Waals surface area contributed by atoms with Gasteiger partial charge in [-0.1, -0.05) is 33.8 Å². The van der Waals surface area contributed by atoms with Crippen molar-refractivity contribution >= 4 is 12.9 Å². The summed E-state index contributed by atoms with van der Waals surface area (Å²) in [5.74, 6) is 1.84. The predicted octanol–water partition coefficient (Wildman–Crippen LogP) is 2.45. The van der Waals surface area contributed by atoms with Gasteiger partial charge in [-0.3, -0.25) is 4.79 Å². The van der Waals surface area contributed by atoms with Crippen LogP contribution in [0.3, 0.4) is 0 Å². The van der Waals surface area contributed by atoms with Gasteiger partial charge >= 0.3 is 7.12 Å². The highest BCUT2D eigenvalue weighted by Gasteiger charge is 2.35. The molecule has 1 aromatic rings. The van der Waals surface area contributed by atoms with Crippen LogP contribution < -0.4 is 15.0 Å². The Morgan fingerprint density at radius 2 is 1.85 bits per heavy atom. The topological polar surface area (TPSA) is 61.5 Å². The molecule has 1 aliphatic heterocycles. The number of hydrogen-bond donors (Lipinski definition) is 1. The van der Waals surface area contributed by atoms with E-state index >= 15 is 0 Å². The molecule has 0 aromatic heterocycles. The van der Waals surface area contributed by atoms with Crippen molar-refractivity contribution < 1.29 is 14.1 Å². The highest BCUT2D eigenvalue weighted by atomic mass is 16.6. The van der Waals surface area contributed by atoms with Crippen LogP contribution in [0.2, 0.25) is 5.82 Å². The number of benzene rings is 1. The van der Waals surface area contributed by atoms with Crippen molar-refractivity contribution in [1.82, 2.24) is 0 Å². The Balaban J connectivity index is 2.07. The second kappa shape index (κ2) is 5.88. The van der Waals surface area contributed by atoms with Crippen LogP contribution >= 0.6 is 0 Å². The second-order valence-electron chi connectivity index (χ2n) is 6.00. The SMILES string of the molecule is CC(C)B1Oc2ccc(C[C@H](N)C(=O)C(C)C)cc2O1. The first-order valence-electron chi connectivity index (χ1n) is 7.14. The van der Waals surface area contributed by atoms with E-state index in [0.717, 1.165) is 17.1 Å². The van der Waals surface area contributed by atoms with Gasteiger partial charge in [0, 0.05) is 11.7 Å². The third kappa shape index (κ3) is 3.15. The van der Waals surface area contributed by atoms with Crippen molar-refractivity contribution in [3.8, 4) is 11.5 Å². The second-order valence-corrected chi connectivity index (χ2v) is 6.00. The molecule has 0 saturated heterocycles. The molecular weight excluding hydrogens is 253 g/mol. The molecule has 4 nitrogen and oxygen atoms in total. The maximum atomic E-state index is 11.8. The molecule has 20 heavy (non-hydrogen) atoms. The maximum absolute atomic E-state index is 11.8. The van der Waals surface area contributed by atoms with Gasteiger partial charge in [0.15, 0.2) is 5.78 Å². The third-order valence-corrected chi connectivity index (χ3v) is 3.43. The molecule has 2 N–H and O–H groups in total. The van der Waals surface area contributed by atoms with Gasteiger partial charge in [0.25, 0.3) is 0 Å². The van der Waals surface area contributed by atoms with Gasteiger partial charge in [-0.05, 0) is 24.1 Å². The molecular formula is C15H22BNO3. The van der Waals surface area contributed by atoms with E-state index < -0.39 is 6.04 Å². The zero-order valence-corrected chi connectivity index (χ0v) is 12.6. The van der Waals surface area contributed by atoms with Crippen LogP contribution in [0.25, 0.3) is 0 Å². The standard InChI is InChI=1S/C15H22BNO3/c1-9(2)15(18)12(17)7-11-5-6-13-14(8-11)20-16(19-13)10(3)4/h5-6,8-10,12H,7,17H2,1-4H3/t12-/m0/s1. The highest BCUT2D eigenvalue weighted by molar-refractivity contribution is 6.49. The van der Waals surface area contributed by atoms with Crippen molar-refractivity contribution in [1.29, 1.82) is 0 Å². The van der Waals surface area contributed by atoms with E-state index in [2.05, 4.69) is 13.8 Å². The van der Waals surface area contributed by atoms with Crippen LogP contribution in [0.1, 0.15) is 33.3 Å². The van der Waals surface area contributed by atoms with E-state index in [4.69, 9.17) is 15.0 Å². The molecule has 0 fully saturated rings. The molecule has 0 amide bonds. The molecule has 0 bridgehead atoms. The Labute approximate surface area is 120 Å². The number of rotatable bonds is 5. The van der Waals surface area contributed by atoms with E-state index in [0.29, 0.717) is 6.42 Å². The molecule has 5 heteroatoms. The fourth-order valence-electron chi connectivity index (χ4n) is 2.20. The van der Waals surface area contributed by atoms with Gasteiger partial charge < -0.3 is 15.0 Å². The van der Waals surface area contributed by atoms with E-state index in [1.54, 1.807) is 0 Å². The smallest absolute Gasteiger partial charge is 0.523 e. The summed E-state index contributed by atoms with van der Waals surface area (Å²) in [5, 5.41) is 0. The average Bonchev–Trinajstić information content (AvgIpc) is 2.80. The number of ketones is 1. The average molecular weight is 275 g/mol. The minimum atomic E-state index is -0.462. The molecule has 1 heterocycles. The van der Waals surface area contributed by atoms with Crippen molar-refractivity contribution in [2.75, 3.05) is 0 Å². The fraction of sp³-hybridized carbons (Fsp3) is 0.533. The van der Waals surface area contributed by atoms with Gasteiger partial charge in [-0.15, -0.1) is 0 Å².